The molecule has 0 aromatic heterocycles. The number of hydrogen-bond acceptors (Lipinski definition) is 3. The molecule has 0 aliphatic rings. The fraction of sp³-hybridized carbons (Fsp3) is 0.350. The van der Waals surface area contributed by atoms with Crippen molar-refractivity contribution >= 4 is 5.97 Å². The highest BCUT2D eigenvalue weighted by Gasteiger charge is 2.20. The van der Waals surface area contributed by atoms with E-state index in [9.17, 15) is 4.79 Å². The first-order valence-electron chi connectivity index (χ1n) is 7.77. The number of benzene rings is 2. The third-order valence-electron chi connectivity index (χ3n) is 3.75. The maximum absolute atomic E-state index is 12.1. The van der Waals surface area contributed by atoms with Crippen molar-refractivity contribution < 1.29 is 14.3 Å². The number of ether oxygens (including phenoxy) is 2. The molecule has 0 saturated carbocycles. The molecule has 122 valence electrons. The molecule has 0 saturated heterocycles. The number of esters is 1. The molecule has 2 aromatic rings. The third-order valence-corrected chi connectivity index (χ3v) is 3.75. The number of carbonyl (C=O) groups is 1. The van der Waals surface area contributed by atoms with Crippen molar-refractivity contribution in [3.05, 3.63) is 59.2 Å². The molecule has 0 radical (unpaired) electrons. The van der Waals surface area contributed by atoms with Crippen molar-refractivity contribution in [2.75, 3.05) is 6.61 Å². The van der Waals surface area contributed by atoms with Gasteiger partial charge < -0.3 is 9.47 Å². The van der Waals surface area contributed by atoms with Crippen LogP contribution >= 0.6 is 0 Å². The summed E-state index contributed by atoms with van der Waals surface area (Å²) in [6, 6.07) is 13.4. The Balaban J connectivity index is 2.02. The molecule has 0 amide bonds. The zero-order valence-electron chi connectivity index (χ0n) is 14.5. The summed E-state index contributed by atoms with van der Waals surface area (Å²) in [5, 5.41) is 0. The highest BCUT2D eigenvalue weighted by molar-refractivity contribution is 5.74. The summed E-state index contributed by atoms with van der Waals surface area (Å²) in [4.78, 5) is 12.1. The minimum absolute atomic E-state index is 0.0915. The zero-order valence-corrected chi connectivity index (χ0v) is 14.5. The molecule has 3 nitrogen and oxygen atoms in total. The Bertz CT molecular complexity index is 696. The van der Waals surface area contributed by atoms with Gasteiger partial charge in [-0.05, 0) is 48.6 Å². The first-order chi connectivity index (χ1) is 10.8. The summed E-state index contributed by atoms with van der Waals surface area (Å²) < 4.78 is 11.0. The molecule has 2 aromatic carbocycles. The highest BCUT2D eigenvalue weighted by Crippen LogP contribution is 2.31. The van der Waals surface area contributed by atoms with E-state index < -0.39 is 5.97 Å². The quantitative estimate of drug-likeness (QED) is 0.612. The predicted octanol–water partition coefficient (Wildman–Crippen LogP) is 4.59. The lowest BCUT2D eigenvalue weighted by Gasteiger charge is -2.22. The van der Waals surface area contributed by atoms with E-state index >= 15 is 0 Å². The van der Waals surface area contributed by atoms with Crippen molar-refractivity contribution in [1.82, 2.24) is 0 Å². The van der Waals surface area contributed by atoms with Gasteiger partial charge >= 0.3 is 5.97 Å². The van der Waals surface area contributed by atoms with E-state index in [1.807, 2.05) is 56.3 Å². The Labute approximate surface area is 138 Å². The molecular formula is C20H24O3. The van der Waals surface area contributed by atoms with Gasteiger partial charge in [-0.1, -0.05) is 45.0 Å². The maximum Gasteiger partial charge on any atom is 0.349 e. The number of para-hydroxylation sites is 1. The fourth-order valence-electron chi connectivity index (χ4n) is 2.27. The molecule has 0 N–H and O–H groups in total. The normalized spacial score (nSPS) is 11.2. The predicted molar refractivity (Wildman–Crippen MR) is 92.2 cm³/mol. The van der Waals surface area contributed by atoms with E-state index in [0.717, 1.165) is 11.1 Å². The van der Waals surface area contributed by atoms with Crippen LogP contribution in [0.25, 0.3) is 0 Å². The highest BCUT2D eigenvalue weighted by atomic mass is 16.6. The largest absolute Gasteiger partial charge is 0.482 e. The van der Waals surface area contributed by atoms with Crippen molar-refractivity contribution in [2.24, 2.45) is 0 Å². The van der Waals surface area contributed by atoms with Crippen LogP contribution in [0.2, 0.25) is 0 Å². The summed E-state index contributed by atoms with van der Waals surface area (Å²) >= 11 is 0. The molecule has 0 bridgehead atoms. The van der Waals surface area contributed by atoms with E-state index in [1.54, 1.807) is 0 Å². The molecule has 0 unspecified atom stereocenters. The van der Waals surface area contributed by atoms with Gasteiger partial charge in [0.1, 0.15) is 11.5 Å². The number of aryl methyl sites for hydroxylation is 2. The zero-order chi connectivity index (χ0) is 17.0. The average Bonchev–Trinajstić information content (AvgIpc) is 2.48. The van der Waals surface area contributed by atoms with Gasteiger partial charge in [-0.3, -0.25) is 0 Å². The Hall–Kier alpha value is -2.29. The summed E-state index contributed by atoms with van der Waals surface area (Å²) in [5.41, 5.74) is 3.23. The summed E-state index contributed by atoms with van der Waals surface area (Å²) in [5.74, 6) is 0.864. The molecule has 0 spiro atoms. The second kappa shape index (κ2) is 6.86. The lowest BCUT2D eigenvalue weighted by molar-refractivity contribution is -0.136. The van der Waals surface area contributed by atoms with Crippen molar-refractivity contribution in [3.63, 3.8) is 0 Å². The number of carbonyl (C=O) groups excluding carboxylic acids is 1. The number of rotatable bonds is 4. The Kier molecular flexibility index (Phi) is 5.09. The van der Waals surface area contributed by atoms with Gasteiger partial charge in [0.05, 0.1) is 0 Å². The van der Waals surface area contributed by atoms with E-state index in [2.05, 4.69) is 20.8 Å². The van der Waals surface area contributed by atoms with Crippen molar-refractivity contribution in [1.29, 1.82) is 0 Å². The van der Waals surface area contributed by atoms with Crippen LogP contribution in [-0.4, -0.2) is 12.6 Å². The second-order valence-corrected chi connectivity index (χ2v) is 6.75. The average molecular weight is 312 g/mol. The van der Waals surface area contributed by atoms with E-state index in [4.69, 9.17) is 9.47 Å². The van der Waals surface area contributed by atoms with Gasteiger partial charge in [0.15, 0.2) is 6.61 Å². The van der Waals surface area contributed by atoms with Gasteiger partial charge in [0.2, 0.25) is 0 Å². The topological polar surface area (TPSA) is 35.5 Å². The van der Waals surface area contributed by atoms with Crippen LogP contribution in [0.5, 0.6) is 11.5 Å². The van der Waals surface area contributed by atoms with Crippen LogP contribution in [0.4, 0.5) is 0 Å². The maximum atomic E-state index is 12.1. The van der Waals surface area contributed by atoms with E-state index in [-0.39, 0.29) is 12.0 Å². The van der Waals surface area contributed by atoms with Crippen LogP contribution < -0.4 is 9.47 Å². The Morgan fingerprint density at radius 2 is 1.70 bits per heavy atom. The van der Waals surface area contributed by atoms with Crippen LogP contribution in [0.3, 0.4) is 0 Å². The third kappa shape index (κ3) is 4.59. The summed E-state index contributed by atoms with van der Waals surface area (Å²) in [6.45, 7) is 10.2. The van der Waals surface area contributed by atoms with Gasteiger partial charge in [-0.25, -0.2) is 4.79 Å². The van der Waals surface area contributed by atoms with Crippen molar-refractivity contribution in [3.8, 4) is 11.5 Å². The molecule has 3 heteroatoms. The van der Waals surface area contributed by atoms with Crippen LogP contribution in [0.1, 0.15) is 37.5 Å². The van der Waals surface area contributed by atoms with Crippen LogP contribution in [0, 0.1) is 13.8 Å². The van der Waals surface area contributed by atoms with Crippen LogP contribution in [0.15, 0.2) is 42.5 Å². The van der Waals surface area contributed by atoms with E-state index in [1.165, 1.54) is 5.56 Å². The van der Waals surface area contributed by atoms with Crippen LogP contribution in [-0.2, 0) is 10.2 Å². The first-order valence-corrected chi connectivity index (χ1v) is 7.77. The monoisotopic (exact) mass is 312 g/mol. The first kappa shape index (κ1) is 17.1. The summed E-state index contributed by atoms with van der Waals surface area (Å²) in [7, 11) is 0. The molecule has 0 aliphatic carbocycles. The molecule has 0 atom stereocenters. The standard InChI is InChI=1S/C20H24O3/c1-14-10-11-16(12-15(14)2)22-13-19(21)23-18-9-7-6-8-17(18)20(3,4)5/h6-12H,13H2,1-5H3. The molecule has 0 heterocycles. The van der Waals surface area contributed by atoms with Gasteiger partial charge in [0.25, 0.3) is 0 Å². The number of hydrogen-bond donors (Lipinski definition) is 0. The SMILES string of the molecule is Cc1ccc(OCC(=O)Oc2ccccc2C(C)(C)C)cc1C. The minimum atomic E-state index is -0.403. The lowest BCUT2D eigenvalue weighted by atomic mass is 9.86. The van der Waals surface area contributed by atoms with Gasteiger partial charge in [0, 0.05) is 5.56 Å². The molecule has 0 fully saturated rings. The Morgan fingerprint density at radius 1 is 1.00 bits per heavy atom. The molecule has 0 aliphatic heterocycles. The van der Waals surface area contributed by atoms with Crippen molar-refractivity contribution in [2.45, 2.75) is 40.0 Å². The van der Waals surface area contributed by atoms with Gasteiger partial charge in [-0.15, -0.1) is 0 Å². The molecular weight excluding hydrogens is 288 g/mol. The minimum Gasteiger partial charge on any atom is -0.482 e. The fourth-order valence-corrected chi connectivity index (χ4v) is 2.27. The second-order valence-electron chi connectivity index (χ2n) is 6.75. The lowest BCUT2D eigenvalue weighted by Crippen LogP contribution is -2.20. The molecule has 2 rings (SSSR count). The van der Waals surface area contributed by atoms with E-state index in [0.29, 0.717) is 11.5 Å². The summed E-state index contributed by atoms with van der Waals surface area (Å²) in [6.07, 6.45) is 0. The Morgan fingerprint density at radius 3 is 2.35 bits per heavy atom. The van der Waals surface area contributed by atoms with Gasteiger partial charge in [-0.2, -0.15) is 0 Å². The molecule has 23 heavy (non-hydrogen) atoms. The smallest absolute Gasteiger partial charge is 0.349 e.